The number of methoxy groups -OCH3 is 1. The Morgan fingerprint density at radius 1 is 0.836 bits per heavy atom. The highest BCUT2D eigenvalue weighted by molar-refractivity contribution is 5.90. The summed E-state index contributed by atoms with van der Waals surface area (Å²) in [5, 5.41) is 12.0. The lowest BCUT2D eigenvalue weighted by atomic mass is 9.85. The Bertz CT molecular complexity index is 1780. The smallest absolute Gasteiger partial charge is 0.328 e. The minimum Gasteiger partial charge on any atom is -0.496 e. The van der Waals surface area contributed by atoms with Crippen molar-refractivity contribution in [2.45, 2.75) is 118 Å². The van der Waals surface area contributed by atoms with E-state index in [0.29, 0.717) is 17.7 Å². The van der Waals surface area contributed by atoms with Gasteiger partial charge in [-0.15, -0.1) is 0 Å². The molecule has 0 aromatic heterocycles. The van der Waals surface area contributed by atoms with Gasteiger partial charge in [0.1, 0.15) is 30.1 Å². The van der Waals surface area contributed by atoms with Crippen molar-refractivity contribution in [2.24, 2.45) is 5.41 Å². The SMILES string of the molecule is COc1cc(C(C)C)c(Cc2ccc(C=CC(C)(C)C(=O)NC(C)(C)C(=O)O)cc2)cc1C1OC(COC(C)=O)C(OC(C)=O)C(OC(C)=O)C1OC(C)=O. The van der Waals surface area contributed by atoms with Gasteiger partial charge in [-0.2, -0.15) is 0 Å². The van der Waals surface area contributed by atoms with Gasteiger partial charge in [0, 0.05) is 33.3 Å². The van der Waals surface area contributed by atoms with Gasteiger partial charge in [-0.3, -0.25) is 24.0 Å². The third kappa shape index (κ3) is 11.9. The highest BCUT2D eigenvalue weighted by Crippen LogP contribution is 2.43. The van der Waals surface area contributed by atoms with Gasteiger partial charge in [-0.1, -0.05) is 50.3 Å². The molecule has 3 rings (SSSR count). The summed E-state index contributed by atoms with van der Waals surface area (Å²) in [6.45, 7) is 14.7. The van der Waals surface area contributed by atoms with E-state index < -0.39 is 77.2 Å². The van der Waals surface area contributed by atoms with Crippen molar-refractivity contribution in [3.63, 3.8) is 0 Å². The van der Waals surface area contributed by atoms with Crippen molar-refractivity contribution in [3.05, 3.63) is 70.3 Å². The molecule has 300 valence electrons. The molecule has 1 saturated heterocycles. The maximum absolute atomic E-state index is 12.9. The van der Waals surface area contributed by atoms with Gasteiger partial charge in [0.25, 0.3) is 0 Å². The Morgan fingerprint density at radius 3 is 1.91 bits per heavy atom. The normalized spacial score (nSPS) is 20.0. The first-order valence-electron chi connectivity index (χ1n) is 17.9. The van der Waals surface area contributed by atoms with E-state index in [1.165, 1.54) is 41.7 Å². The molecule has 1 amide bonds. The molecule has 5 unspecified atom stereocenters. The number of benzene rings is 2. The van der Waals surface area contributed by atoms with Crippen LogP contribution in [0.1, 0.15) is 109 Å². The van der Waals surface area contributed by atoms with Gasteiger partial charge in [0.2, 0.25) is 5.91 Å². The summed E-state index contributed by atoms with van der Waals surface area (Å²) in [4.78, 5) is 73.4. The molecule has 2 N–H and O–H groups in total. The van der Waals surface area contributed by atoms with Crippen LogP contribution in [0.25, 0.3) is 6.08 Å². The first-order valence-corrected chi connectivity index (χ1v) is 17.9. The van der Waals surface area contributed by atoms with Gasteiger partial charge in [-0.05, 0) is 74.4 Å². The minimum atomic E-state index is -1.42. The Labute approximate surface area is 321 Å². The van der Waals surface area contributed by atoms with Crippen molar-refractivity contribution in [1.82, 2.24) is 5.32 Å². The number of aliphatic carboxylic acids is 1. The fourth-order valence-corrected chi connectivity index (χ4v) is 6.07. The van der Waals surface area contributed by atoms with Crippen molar-refractivity contribution >= 4 is 41.8 Å². The van der Waals surface area contributed by atoms with Crippen LogP contribution in [-0.4, -0.2) is 84.5 Å². The molecule has 0 radical (unpaired) electrons. The van der Waals surface area contributed by atoms with Crippen LogP contribution in [0.5, 0.6) is 5.75 Å². The molecular weight excluding hydrogens is 714 g/mol. The summed E-state index contributed by atoms with van der Waals surface area (Å²) in [5.41, 5.74) is 1.65. The Kier molecular flexibility index (Phi) is 14.8. The number of carbonyl (C=O) groups excluding carboxylic acids is 5. The van der Waals surface area contributed by atoms with E-state index in [2.05, 4.69) is 5.32 Å². The van der Waals surface area contributed by atoms with Crippen molar-refractivity contribution in [1.29, 1.82) is 0 Å². The zero-order valence-corrected chi connectivity index (χ0v) is 33.3. The summed E-state index contributed by atoms with van der Waals surface area (Å²) in [7, 11) is 1.48. The number of rotatable bonds is 15. The highest BCUT2D eigenvalue weighted by Gasteiger charge is 2.53. The van der Waals surface area contributed by atoms with Crippen LogP contribution >= 0.6 is 0 Å². The first kappa shape index (κ1) is 44.2. The van der Waals surface area contributed by atoms with Crippen LogP contribution in [-0.2, 0) is 58.9 Å². The van der Waals surface area contributed by atoms with Crippen LogP contribution in [0.2, 0.25) is 0 Å². The number of hydrogen-bond acceptors (Lipinski definition) is 12. The number of ether oxygens (including phenoxy) is 6. The molecule has 2 aromatic rings. The maximum atomic E-state index is 12.9. The minimum absolute atomic E-state index is 0.0510. The van der Waals surface area contributed by atoms with E-state index in [1.54, 1.807) is 26.0 Å². The van der Waals surface area contributed by atoms with Crippen molar-refractivity contribution in [2.75, 3.05) is 13.7 Å². The summed E-state index contributed by atoms with van der Waals surface area (Å²) < 4.78 is 34.5. The van der Waals surface area contributed by atoms with Crippen LogP contribution in [0, 0.1) is 5.41 Å². The van der Waals surface area contributed by atoms with Gasteiger partial charge in [0.05, 0.1) is 12.5 Å². The lowest BCUT2D eigenvalue weighted by molar-refractivity contribution is -0.254. The number of carboxylic acids is 1. The second-order valence-electron chi connectivity index (χ2n) is 14.9. The molecular formula is C41H53NO13. The topological polar surface area (TPSA) is 190 Å². The second-order valence-corrected chi connectivity index (χ2v) is 14.9. The molecule has 5 atom stereocenters. The molecule has 2 aromatic carbocycles. The average molecular weight is 768 g/mol. The van der Waals surface area contributed by atoms with Crippen LogP contribution in [0.3, 0.4) is 0 Å². The number of nitrogens with one attached hydrogen (secondary N) is 1. The second kappa shape index (κ2) is 18.4. The van der Waals surface area contributed by atoms with Gasteiger partial charge < -0.3 is 38.8 Å². The van der Waals surface area contributed by atoms with E-state index >= 15 is 0 Å². The summed E-state index contributed by atoms with van der Waals surface area (Å²) in [6, 6.07) is 11.5. The molecule has 1 fully saturated rings. The van der Waals surface area contributed by atoms with Crippen LogP contribution < -0.4 is 10.1 Å². The fourth-order valence-electron chi connectivity index (χ4n) is 6.07. The first-order chi connectivity index (χ1) is 25.6. The number of hydrogen-bond donors (Lipinski definition) is 2. The monoisotopic (exact) mass is 767 g/mol. The van der Waals surface area contributed by atoms with Gasteiger partial charge in [-0.25, -0.2) is 4.79 Å². The largest absolute Gasteiger partial charge is 0.496 e. The van der Waals surface area contributed by atoms with Gasteiger partial charge in [0.15, 0.2) is 18.3 Å². The number of carbonyl (C=O) groups is 6. The molecule has 1 aliphatic heterocycles. The summed E-state index contributed by atoms with van der Waals surface area (Å²) >= 11 is 0. The number of carboxylic acid groups (broad SMARTS) is 1. The molecule has 1 aliphatic rings. The zero-order chi connectivity index (χ0) is 41.4. The van der Waals surface area contributed by atoms with Gasteiger partial charge >= 0.3 is 29.8 Å². The third-order valence-corrected chi connectivity index (χ3v) is 9.02. The van der Waals surface area contributed by atoms with E-state index in [-0.39, 0.29) is 12.5 Å². The Hall–Kier alpha value is -5.24. The lowest BCUT2D eigenvalue weighted by Gasteiger charge is -2.45. The molecule has 1 heterocycles. The molecule has 0 saturated carbocycles. The zero-order valence-electron chi connectivity index (χ0n) is 33.3. The molecule has 55 heavy (non-hydrogen) atoms. The van der Waals surface area contributed by atoms with E-state index in [1.807, 2.05) is 50.2 Å². The predicted molar refractivity (Wildman–Crippen MR) is 200 cm³/mol. The van der Waals surface area contributed by atoms with Crippen molar-refractivity contribution < 1.29 is 62.3 Å². The highest BCUT2D eigenvalue weighted by atomic mass is 16.7. The van der Waals surface area contributed by atoms with Crippen molar-refractivity contribution in [3.8, 4) is 5.75 Å². The molecule has 0 aliphatic carbocycles. The summed E-state index contributed by atoms with van der Waals surface area (Å²) in [5.74, 6) is -3.92. The molecule has 0 bridgehead atoms. The fraction of sp³-hybridized carbons (Fsp3) is 0.512. The Balaban J connectivity index is 2.07. The molecule has 14 heteroatoms. The predicted octanol–water partition coefficient (Wildman–Crippen LogP) is 5.23. The quantitative estimate of drug-likeness (QED) is 0.177. The number of esters is 4. The summed E-state index contributed by atoms with van der Waals surface area (Å²) in [6.07, 6.45) is -2.25. The van der Waals surface area contributed by atoms with E-state index in [4.69, 9.17) is 28.4 Å². The van der Waals surface area contributed by atoms with Crippen LogP contribution in [0.4, 0.5) is 0 Å². The van der Waals surface area contributed by atoms with Crippen LogP contribution in [0.15, 0.2) is 42.5 Å². The number of amides is 1. The lowest BCUT2D eigenvalue weighted by Crippen LogP contribution is -2.59. The Morgan fingerprint density at radius 2 is 1.40 bits per heavy atom. The molecule has 0 spiro atoms. The van der Waals surface area contributed by atoms with E-state index in [0.717, 1.165) is 29.2 Å². The molecule has 14 nitrogen and oxygen atoms in total. The average Bonchev–Trinajstić information content (AvgIpc) is 3.07. The third-order valence-electron chi connectivity index (χ3n) is 9.02. The standard InChI is InChI=1S/C41H53NO13/c1-22(2)30-20-32(50-11)31(34-36(53-25(5)45)37(54-26(6)46)35(52-24(4)44)33(55-34)21-51-23(3)43)19-29(30)18-28-14-12-27(13-15-28)16-17-40(7,8)38(47)42-41(9,10)39(48)49/h12-17,19-20,22,33-37H,18,21H2,1-11H3,(H,42,47)(H,48,49). The van der Waals surface area contributed by atoms with E-state index in [9.17, 15) is 33.9 Å². The maximum Gasteiger partial charge on any atom is 0.328 e.